The molecule has 1 aromatic carbocycles. The summed E-state index contributed by atoms with van der Waals surface area (Å²) in [6.07, 6.45) is 3.93. The van der Waals surface area contributed by atoms with Crippen LogP contribution in [0, 0.1) is 0 Å². The Hall–Kier alpha value is -0.610. The Labute approximate surface area is 110 Å². The van der Waals surface area contributed by atoms with E-state index in [9.17, 15) is 0 Å². The predicted octanol–water partition coefficient (Wildman–Crippen LogP) is 3.07. The monoisotopic (exact) mass is 298 g/mol. The molecular formula is C12H15BrN2S. The van der Waals surface area contributed by atoms with Crippen LogP contribution in [0.3, 0.4) is 0 Å². The number of thiocarbonyl (C=S) groups is 1. The van der Waals surface area contributed by atoms with Crippen LogP contribution in [-0.2, 0) is 0 Å². The van der Waals surface area contributed by atoms with Crippen LogP contribution in [0.2, 0.25) is 0 Å². The van der Waals surface area contributed by atoms with Crippen molar-refractivity contribution in [1.29, 1.82) is 0 Å². The van der Waals surface area contributed by atoms with Crippen molar-refractivity contribution in [3.63, 3.8) is 0 Å². The fourth-order valence-corrected chi connectivity index (χ4v) is 2.70. The summed E-state index contributed by atoms with van der Waals surface area (Å²) in [5.74, 6) is 0. The molecule has 1 aromatic rings. The van der Waals surface area contributed by atoms with Gasteiger partial charge < -0.3 is 10.6 Å². The van der Waals surface area contributed by atoms with E-state index in [0.717, 1.165) is 10.0 Å². The largest absolute Gasteiger partial charge is 0.389 e. The normalized spacial score (nSPS) is 15.6. The number of anilines is 1. The van der Waals surface area contributed by atoms with Crippen LogP contribution in [-0.4, -0.2) is 18.1 Å². The molecule has 1 aliphatic rings. The SMILES string of the molecule is CN(c1ccc(C(N)=S)cc1Br)C1CCC1. The fourth-order valence-electron chi connectivity index (χ4n) is 1.92. The molecule has 0 aliphatic heterocycles. The molecule has 0 spiro atoms. The Kier molecular flexibility index (Phi) is 3.50. The molecule has 0 unspecified atom stereocenters. The first-order valence-corrected chi connectivity index (χ1v) is 6.62. The summed E-state index contributed by atoms with van der Waals surface area (Å²) in [5, 5.41) is 0. The number of rotatable bonds is 3. The third kappa shape index (κ3) is 2.23. The van der Waals surface area contributed by atoms with Gasteiger partial charge in [0.25, 0.3) is 0 Å². The molecule has 2 rings (SSSR count). The highest BCUT2D eigenvalue weighted by molar-refractivity contribution is 9.10. The van der Waals surface area contributed by atoms with Crippen molar-refractivity contribution >= 4 is 38.8 Å². The third-order valence-corrected chi connectivity index (χ3v) is 4.11. The summed E-state index contributed by atoms with van der Waals surface area (Å²) in [6.45, 7) is 0. The molecule has 0 amide bonds. The molecule has 0 heterocycles. The van der Waals surface area contributed by atoms with E-state index < -0.39 is 0 Å². The van der Waals surface area contributed by atoms with Crippen LogP contribution in [0.4, 0.5) is 5.69 Å². The highest BCUT2D eigenvalue weighted by Gasteiger charge is 2.23. The number of halogens is 1. The Morgan fingerprint density at radius 1 is 1.50 bits per heavy atom. The zero-order valence-electron chi connectivity index (χ0n) is 9.24. The average Bonchev–Trinajstić information content (AvgIpc) is 2.14. The highest BCUT2D eigenvalue weighted by atomic mass is 79.9. The molecule has 0 saturated heterocycles. The summed E-state index contributed by atoms with van der Waals surface area (Å²) >= 11 is 8.54. The molecule has 1 fully saturated rings. The lowest BCUT2D eigenvalue weighted by atomic mass is 9.91. The molecule has 0 aromatic heterocycles. The minimum atomic E-state index is 0.443. The third-order valence-electron chi connectivity index (χ3n) is 3.23. The van der Waals surface area contributed by atoms with Crippen molar-refractivity contribution in [3.05, 3.63) is 28.2 Å². The van der Waals surface area contributed by atoms with Gasteiger partial charge in [0, 0.05) is 23.1 Å². The summed E-state index contributed by atoms with van der Waals surface area (Å²) in [5.41, 5.74) is 7.73. The van der Waals surface area contributed by atoms with Gasteiger partial charge in [-0.05, 0) is 53.4 Å². The van der Waals surface area contributed by atoms with E-state index in [-0.39, 0.29) is 0 Å². The molecule has 16 heavy (non-hydrogen) atoms. The molecule has 2 N–H and O–H groups in total. The van der Waals surface area contributed by atoms with E-state index in [0.29, 0.717) is 11.0 Å². The standard InChI is InChI=1S/C12H15BrN2S/c1-15(9-3-2-4-9)11-6-5-8(12(14)16)7-10(11)13/h5-7,9H,2-4H2,1H3,(H2,14,16). The van der Waals surface area contributed by atoms with Gasteiger partial charge in [0.2, 0.25) is 0 Å². The lowest BCUT2D eigenvalue weighted by Gasteiger charge is -2.37. The van der Waals surface area contributed by atoms with Crippen molar-refractivity contribution in [1.82, 2.24) is 0 Å². The van der Waals surface area contributed by atoms with Gasteiger partial charge >= 0.3 is 0 Å². The van der Waals surface area contributed by atoms with Gasteiger partial charge in [0.15, 0.2) is 0 Å². The van der Waals surface area contributed by atoms with E-state index in [1.54, 1.807) is 0 Å². The molecule has 0 bridgehead atoms. The lowest BCUT2D eigenvalue weighted by Crippen LogP contribution is -2.37. The summed E-state index contributed by atoms with van der Waals surface area (Å²) in [4.78, 5) is 2.77. The molecule has 0 radical (unpaired) electrons. The van der Waals surface area contributed by atoms with E-state index in [1.165, 1.54) is 24.9 Å². The van der Waals surface area contributed by atoms with Gasteiger partial charge in [-0.25, -0.2) is 0 Å². The maximum Gasteiger partial charge on any atom is 0.104 e. The van der Waals surface area contributed by atoms with E-state index in [1.807, 2.05) is 12.1 Å². The van der Waals surface area contributed by atoms with Gasteiger partial charge in [0.05, 0.1) is 5.69 Å². The Morgan fingerprint density at radius 2 is 2.19 bits per heavy atom. The van der Waals surface area contributed by atoms with Crippen molar-refractivity contribution in [3.8, 4) is 0 Å². The van der Waals surface area contributed by atoms with Crippen LogP contribution < -0.4 is 10.6 Å². The van der Waals surface area contributed by atoms with Crippen LogP contribution in [0.15, 0.2) is 22.7 Å². The lowest BCUT2D eigenvalue weighted by molar-refractivity contribution is 0.401. The van der Waals surface area contributed by atoms with Gasteiger partial charge in [-0.15, -0.1) is 0 Å². The second-order valence-corrected chi connectivity index (χ2v) is 5.52. The quantitative estimate of drug-likeness (QED) is 0.870. The van der Waals surface area contributed by atoms with Gasteiger partial charge in [-0.1, -0.05) is 12.2 Å². The first kappa shape index (κ1) is 11.9. The molecule has 1 saturated carbocycles. The molecule has 2 nitrogen and oxygen atoms in total. The van der Waals surface area contributed by atoms with Gasteiger partial charge in [-0.3, -0.25) is 0 Å². The zero-order valence-corrected chi connectivity index (χ0v) is 11.6. The first-order valence-electron chi connectivity index (χ1n) is 5.42. The summed E-state index contributed by atoms with van der Waals surface area (Å²) < 4.78 is 1.06. The number of benzene rings is 1. The second kappa shape index (κ2) is 4.72. The van der Waals surface area contributed by atoms with E-state index >= 15 is 0 Å². The van der Waals surface area contributed by atoms with Crippen LogP contribution in [0.1, 0.15) is 24.8 Å². The van der Waals surface area contributed by atoms with E-state index in [2.05, 4.69) is 33.9 Å². The van der Waals surface area contributed by atoms with Crippen LogP contribution in [0.25, 0.3) is 0 Å². The summed E-state index contributed by atoms with van der Waals surface area (Å²) in [7, 11) is 2.14. The van der Waals surface area contributed by atoms with Gasteiger partial charge in [-0.2, -0.15) is 0 Å². The summed E-state index contributed by atoms with van der Waals surface area (Å²) in [6, 6.07) is 6.74. The Morgan fingerprint density at radius 3 is 2.62 bits per heavy atom. The van der Waals surface area contributed by atoms with Crippen LogP contribution in [0.5, 0.6) is 0 Å². The Bertz CT molecular complexity index is 415. The van der Waals surface area contributed by atoms with Gasteiger partial charge in [0.1, 0.15) is 4.99 Å². The minimum absolute atomic E-state index is 0.443. The number of hydrogen-bond acceptors (Lipinski definition) is 2. The molecular weight excluding hydrogens is 284 g/mol. The van der Waals surface area contributed by atoms with Crippen molar-refractivity contribution in [2.24, 2.45) is 5.73 Å². The number of nitrogens with zero attached hydrogens (tertiary/aromatic N) is 1. The molecule has 1 aliphatic carbocycles. The van der Waals surface area contributed by atoms with Crippen molar-refractivity contribution < 1.29 is 0 Å². The molecule has 4 heteroatoms. The molecule has 0 atom stereocenters. The topological polar surface area (TPSA) is 29.3 Å². The van der Waals surface area contributed by atoms with E-state index in [4.69, 9.17) is 18.0 Å². The number of nitrogens with two attached hydrogens (primary N) is 1. The zero-order chi connectivity index (χ0) is 11.7. The minimum Gasteiger partial charge on any atom is -0.389 e. The maximum absolute atomic E-state index is 5.60. The average molecular weight is 299 g/mol. The van der Waals surface area contributed by atoms with Crippen molar-refractivity contribution in [2.75, 3.05) is 11.9 Å². The van der Waals surface area contributed by atoms with Crippen molar-refractivity contribution in [2.45, 2.75) is 25.3 Å². The number of hydrogen-bond donors (Lipinski definition) is 1. The predicted molar refractivity (Wildman–Crippen MR) is 76.1 cm³/mol. The van der Waals surface area contributed by atoms with Crippen LogP contribution >= 0.6 is 28.1 Å². The maximum atomic E-state index is 5.60. The smallest absolute Gasteiger partial charge is 0.104 e. The fraction of sp³-hybridized carbons (Fsp3) is 0.417. The first-order chi connectivity index (χ1) is 7.59. The Balaban J connectivity index is 2.24. The highest BCUT2D eigenvalue weighted by Crippen LogP contribution is 2.33. The molecule has 86 valence electrons. The second-order valence-electron chi connectivity index (χ2n) is 4.23.